The molecule has 0 bridgehead atoms. The molecule has 1 nitrogen and oxygen atoms in total. The van der Waals surface area contributed by atoms with Crippen molar-refractivity contribution in [2.45, 2.75) is 0 Å². The van der Waals surface area contributed by atoms with Crippen LogP contribution in [-0.2, 0) is 0 Å². The summed E-state index contributed by atoms with van der Waals surface area (Å²) in [6.07, 6.45) is 5.66. The lowest BCUT2D eigenvalue weighted by molar-refractivity contribution is 1.32. The van der Waals surface area contributed by atoms with Crippen LogP contribution >= 0.6 is 15.9 Å². The van der Waals surface area contributed by atoms with E-state index in [-0.39, 0.29) is 0 Å². The Morgan fingerprint density at radius 2 is 1.67 bits per heavy atom. The number of hydrogen-bond donors (Lipinski definition) is 0. The number of halogens is 1. The van der Waals surface area contributed by atoms with Crippen LogP contribution in [-0.4, -0.2) is 4.98 Å². The summed E-state index contributed by atoms with van der Waals surface area (Å²) in [5.41, 5.74) is 2.31. The van der Waals surface area contributed by atoms with Gasteiger partial charge in [-0.25, -0.2) is 0 Å². The molecule has 0 radical (unpaired) electrons. The lowest BCUT2D eigenvalue weighted by atomic mass is 10.1. The maximum atomic E-state index is 3.98. The summed E-state index contributed by atoms with van der Waals surface area (Å²) < 4.78 is 1.08. The van der Waals surface area contributed by atoms with Gasteiger partial charge >= 0.3 is 0 Å². The number of aromatic nitrogens is 1. The van der Waals surface area contributed by atoms with Crippen molar-refractivity contribution >= 4 is 26.5 Å². The molecule has 0 unspecified atom stereocenters. The third kappa shape index (κ3) is 2.77. The lowest BCUT2D eigenvalue weighted by Crippen LogP contribution is -1.77. The smallest absolute Gasteiger partial charge is 0.0273 e. The van der Waals surface area contributed by atoms with Crippen LogP contribution in [0, 0.1) is 0 Å². The summed E-state index contributed by atoms with van der Waals surface area (Å²) in [5.74, 6) is 0. The quantitative estimate of drug-likeness (QED) is 0.796. The summed E-state index contributed by atoms with van der Waals surface area (Å²) in [6.45, 7) is 0. The first-order valence-electron chi connectivity index (χ1n) is 4.69. The van der Waals surface area contributed by atoms with Crippen molar-refractivity contribution in [3.05, 3.63) is 66.0 Å². The highest BCUT2D eigenvalue weighted by molar-refractivity contribution is 9.15. The minimum absolute atomic E-state index is 1.08. The largest absolute Gasteiger partial charge is 0.265 e. The van der Waals surface area contributed by atoms with Crippen molar-refractivity contribution in [1.82, 2.24) is 4.98 Å². The number of rotatable bonds is 2. The van der Waals surface area contributed by atoms with Crippen molar-refractivity contribution < 1.29 is 0 Å². The Hall–Kier alpha value is -1.41. The molecule has 1 aromatic carbocycles. The molecule has 1 heterocycles. The lowest BCUT2D eigenvalue weighted by Gasteiger charge is -1.99. The van der Waals surface area contributed by atoms with Crippen LogP contribution in [0.1, 0.15) is 11.1 Å². The van der Waals surface area contributed by atoms with Gasteiger partial charge in [-0.05, 0) is 29.3 Å². The molecule has 0 saturated carbocycles. The fraction of sp³-hybridized carbons (Fsp3) is 0. The normalized spacial score (nSPS) is 11.4. The van der Waals surface area contributed by atoms with Crippen LogP contribution in [0.2, 0.25) is 0 Å². The summed E-state index contributed by atoms with van der Waals surface area (Å²) in [7, 11) is 0. The van der Waals surface area contributed by atoms with Crippen LogP contribution in [0.4, 0.5) is 0 Å². The van der Waals surface area contributed by atoms with Gasteiger partial charge in [-0.2, -0.15) is 0 Å². The number of benzene rings is 1. The topological polar surface area (TPSA) is 12.9 Å². The molecule has 0 fully saturated rings. The first-order chi connectivity index (χ1) is 7.36. The van der Waals surface area contributed by atoms with E-state index in [4.69, 9.17) is 0 Å². The Morgan fingerprint density at radius 3 is 2.33 bits per heavy atom. The maximum Gasteiger partial charge on any atom is 0.0273 e. The van der Waals surface area contributed by atoms with Gasteiger partial charge in [-0.1, -0.05) is 46.3 Å². The molecule has 2 heteroatoms. The second-order valence-electron chi connectivity index (χ2n) is 3.14. The number of nitrogens with zero attached hydrogens (tertiary/aromatic N) is 1. The Bertz CT molecular complexity index is 448. The van der Waals surface area contributed by atoms with Gasteiger partial charge < -0.3 is 0 Å². The molecule has 0 aliphatic carbocycles. The predicted octanol–water partition coefficient (Wildman–Crippen LogP) is 3.97. The van der Waals surface area contributed by atoms with Gasteiger partial charge in [-0.15, -0.1) is 0 Å². The standard InChI is InChI=1S/C13H10BrN/c14-13(12-4-2-1-3-5-12)10-11-6-8-15-9-7-11/h1-10H/b13-10+. The van der Waals surface area contributed by atoms with E-state index >= 15 is 0 Å². The van der Waals surface area contributed by atoms with Crippen LogP contribution in [0.5, 0.6) is 0 Å². The summed E-state index contributed by atoms with van der Waals surface area (Å²) >= 11 is 3.56. The van der Waals surface area contributed by atoms with E-state index in [1.165, 1.54) is 5.56 Å². The summed E-state index contributed by atoms with van der Waals surface area (Å²) in [4.78, 5) is 3.98. The van der Waals surface area contributed by atoms with Crippen LogP contribution < -0.4 is 0 Å². The molecule has 0 aliphatic rings. The third-order valence-electron chi connectivity index (χ3n) is 2.05. The Labute approximate surface area is 97.6 Å². The van der Waals surface area contributed by atoms with E-state index in [2.05, 4.69) is 39.1 Å². The molecular weight excluding hydrogens is 250 g/mol. The van der Waals surface area contributed by atoms with Gasteiger partial charge in [0.1, 0.15) is 0 Å². The predicted molar refractivity (Wildman–Crippen MR) is 67.5 cm³/mol. The van der Waals surface area contributed by atoms with Gasteiger partial charge in [-0.3, -0.25) is 4.98 Å². The van der Waals surface area contributed by atoms with E-state index in [0.717, 1.165) is 10.0 Å². The van der Waals surface area contributed by atoms with E-state index in [1.54, 1.807) is 12.4 Å². The van der Waals surface area contributed by atoms with Gasteiger partial charge in [0, 0.05) is 16.9 Å². The average Bonchev–Trinajstić information content (AvgIpc) is 2.31. The van der Waals surface area contributed by atoms with Crippen LogP contribution in [0.25, 0.3) is 10.6 Å². The molecule has 0 atom stereocenters. The fourth-order valence-electron chi connectivity index (χ4n) is 1.29. The second-order valence-corrected chi connectivity index (χ2v) is 3.99. The zero-order valence-electron chi connectivity index (χ0n) is 8.10. The zero-order chi connectivity index (χ0) is 10.5. The molecule has 1 aromatic heterocycles. The van der Waals surface area contributed by atoms with Gasteiger partial charge in [0.05, 0.1) is 0 Å². The first-order valence-corrected chi connectivity index (χ1v) is 5.48. The van der Waals surface area contributed by atoms with Crippen molar-refractivity contribution in [1.29, 1.82) is 0 Å². The van der Waals surface area contributed by atoms with E-state index in [1.807, 2.05) is 30.3 Å². The second kappa shape index (κ2) is 4.89. The first kappa shape index (κ1) is 10.1. The number of hydrogen-bond acceptors (Lipinski definition) is 1. The van der Waals surface area contributed by atoms with Crippen molar-refractivity contribution in [2.24, 2.45) is 0 Å². The third-order valence-corrected chi connectivity index (χ3v) is 2.74. The maximum absolute atomic E-state index is 3.98. The molecule has 0 amide bonds. The highest BCUT2D eigenvalue weighted by atomic mass is 79.9. The molecule has 15 heavy (non-hydrogen) atoms. The molecule has 0 aliphatic heterocycles. The van der Waals surface area contributed by atoms with Crippen LogP contribution in [0.3, 0.4) is 0 Å². The summed E-state index contributed by atoms with van der Waals surface area (Å²) in [5, 5.41) is 0. The minimum atomic E-state index is 1.08. The summed E-state index contributed by atoms with van der Waals surface area (Å²) in [6, 6.07) is 14.2. The highest BCUT2D eigenvalue weighted by Gasteiger charge is 1.95. The zero-order valence-corrected chi connectivity index (χ0v) is 9.68. The number of pyridine rings is 1. The molecule has 0 saturated heterocycles. The average molecular weight is 260 g/mol. The minimum Gasteiger partial charge on any atom is -0.265 e. The fourth-order valence-corrected chi connectivity index (χ4v) is 1.82. The molecule has 2 aromatic rings. The van der Waals surface area contributed by atoms with E-state index < -0.39 is 0 Å². The molecule has 74 valence electrons. The van der Waals surface area contributed by atoms with Crippen molar-refractivity contribution in [3.63, 3.8) is 0 Å². The van der Waals surface area contributed by atoms with Gasteiger partial charge in [0.2, 0.25) is 0 Å². The highest BCUT2D eigenvalue weighted by Crippen LogP contribution is 2.23. The van der Waals surface area contributed by atoms with Crippen molar-refractivity contribution in [2.75, 3.05) is 0 Å². The Balaban J connectivity index is 2.29. The molecule has 0 spiro atoms. The Kier molecular flexibility index (Phi) is 3.30. The van der Waals surface area contributed by atoms with Crippen LogP contribution in [0.15, 0.2) is 54.9 Å². The molecule has 0 N–H and O–H groups in total. The van der Waals surface area contributed by atoms with E-state index in [0.29, 0.717) is 0 Å². The van der Waals surface area contributed by atoms with Gasteiger partial charge in [0.15, 0.2) is 0 Å². The van der Waals surface area contributed by atoms with E-state index in [9.17, 15) is 0 Å². The SMILES string of the molecule is Br/C(=C/c1ccncc1)c1ccccc1. The Morgan fingerprint density at radius 1 is 1.00 bits per heavy atom. The van der Waals surface area contributed by atoms with Gasteiger partial charge in [0.25, 0.3) is 0 Å². The molecular formula is C13H10BrN. The monoisotopic (exact) mass is 259 g/mol. The van der Waals surface area contributed by atoms with Crippen molar-refractivity contribution in [3.8, 4) is 0 Å². The molecule has 2 rings (SSSR count).